The van der Waals surface area contributed by atoms with Crippen LogP contribution in [0.25, 0.3) is 22.0 Å². The van der Waals surface area contributed by atoms with E-state index in [9.17, 15) is 4.79 Å². The van der Waals surface area contributed by atoms with Gasteiger partial charge in [-0.2, -0.15) is 5.10 Å². The van der Waals surface area contributed by atoms with Gasteiger partial charge in [0.2, 0.25) is 0 Å². The van der Waals surface area contributed by atoms with Gasteiger partial charge in [0.15, 0.2) is 5.69 Å². The van der Waals surface area contributed by atoms with Crippen LogP contribution >= 0.6 is 0 Å². The van der Waals surface area contributed by atoms with E-state index >= 15 is 0 Å². The first kappa shape index (κ1) is 18.7. The lowest BCUT2D eigenvalue weighted by atomic mass is 10.0. The summed E-state index contributed by atoms with van der Waals surface area (Å²) in [4.78, 5) is 21.4. The molecule has 0 saturated carbocycles. The number of hydrogen-bond donors (Lipinski definition) is 2. The van der Waals surface area contributed by atoms with Gasteiger partial charge in [-0.05, 0) is 47.4 Å². The third kappa shape index (κ3) is 4.04. The molecule has 0 aliphatic heterocycles. The van der Waals surface area contributed by atoms with Crippen molar-refractivity contribution in [1.29, 1.82) is 0 Å². The Balaban J connectivity index is 1.40. The highest BCUT2D eigenvalue weighted by Gasteiger charge is 2.15. The number of amides is 1. The van der Waals surface area contributed by atoms with Gasteiger partial charge >= 0.3 is 0 Å². The normalized spacial score (nSPS) is 10.8. The second kappa shape index (κ2) is 8.20. The van der Waals surface area contributed by atoms with Crippen LogP contribution in [0.3, 0.4) is 0 Å². The number of carbonyl (C=O) groups is 1. The second-order valence-corrected chi connectivity index (χ2v) is 7.27. The molecule has 0 fully saturated rings. The van der Waals surface area contributed by atoms with Crippen molar-refractivity contribution in [3.05, 3.63) is 108 Å². The first-order valence-corrected chi connectivity index (χ1v) is 9.94. The lowest BCUT2D eigenvalue weighted by Crippen LogP contribution is -2.13. The summed E-state index contributed by atoms with van der Waals surface area (Å²) in [5.41, 5.74) is 5.95. The van der Waals surface area contributed by atoms with Crippen molar-refractivity contribution >= 4 is 22.5 Å². The standard InChI is InChI=1S/C25H19N5O/c31-25(28-21-12-18(14-27-16-21)11-17-5-2-1-3-6-17)24-22-13-19(8-9-23(22)29-30-24)20-7-4-10-26-15-20/h1-10,12-16H,11H2,(H,28,31)(H,29,30). The maximum absolute atomic E-state index is 13.0. The summed E-state index contributed by atoms with van der Waals surface area (Å²) in [6, 6.07) is 21.8. The van der Waals surface area contributed by atoms with Gasteiger partial charge in [-0.15, -0.1) is 0 Å². The lowest BCUT2D eigenvalue weighted by molar-refractivity contribution is 0.102. The Labute approximate surface area is 179 Å². The van der Waals surface area contributed by atoms with Crippen LogP contribution in [0.5, 0.6) is 0 Å². The van der Waals surface area contributed by atoms with Crippen molar-refractivity contribution in [1.82, 2.24) is 20.2 Å². The van der Waals surface area contributed by atoms with Gasteiger partial charge in [-0.3, -0.25) is 19.9 Å². The van der Waals surface area contributed by atoms with Gasteiger partial charge in [-0.25, -0.2) is 0 Å². The van der Waals surface area contributed by atoms with E-state index in [2.05, 4.69) is 37.6 Å². The molecule has 0 aliphatic carbocycles. The van der Waals surface area contributed by atoms with E-state index in [4.69, 9.17) is 0 Å². The molecule has 1 amide bonds. The van der Waals surface area contributed by atoms with Gasteiger partial charge in [-0.1, -0.05) is 42.5 Å². The molecule has 0 unspecified atom stereocenters. The highest BCUT2D eigenvalue weighted by Crippen LogP contribution is 2.25. The number of aromatic amines is 1. The molecule has 0 radical (unpaired) electrons. The summed E-state index contributed by atoms with van der Waals surface area (Å²) < 4.78 is 0. The van der Waals surface area contributed by atoms with Crippen molar-refractivity contribution in [3.8, 4) is 11.1 Å². The fourth-order valence-corrected chi connectivity index (χ4v) is 3.57. The second-order valence-electron chi connectivity index (χ2n) is 7.27. The van der Waals surface area contributed by atoms with E-state index < -0.39 is 0 Å². The molecule has 3 heterocycles. The van der Waals surface area contributed by atoms with Crippen LogP contribution < -0.4 is 5.32 Å². The number of anilines is 1. The number of benzene rings is 2. The van der Waals surface area contributed by atoms with E-state index in [1.54, 1.807) is 18.6 Å². The fraction of sp³-hybridized carbons (Fsp3) is 0.0400. The molecule has 2 N–H and O–H groups in total. The highest BCUT2D eigenvalue weighted by molar-refractivity contribution is 6.11. The summed E-state index contributed by atoms with van der Waals surface area (Å²) in [6.45, 7) is 0. The Morgan fingerprint density at radius 1 is 0.839 bits per heavy atom. The lowest BCUT2D eigenvalue weighted by Gasteiger charge is -2.07. The number of pyridine rings is 2. The number of rotatable bonds is 5. The minimum atomic E-state index is -0.284. The minimum absolute atomic E-state index is 0.284. The molecule has 5 aromatic rings. The molecule has 6 heteroatoms. The van der Waals surface area contributed by atoms with Crippen LogP contribution in [0.1, 0.15) is 21.6 Å². The average molecular weight is 405 g/mol. The smallest absolute Gasteiger partial charge is 0.276 e. The number of hydrogen-bond acceptors (Lipinski definition) is 4. The third-order valence-corrected chi connectivity index (χ3v) is 5.08. The Bertz CT molecular complexity index is 1350. The first-order valence-electron chi connectivity index (χ1n) is 9.94. The maximum atomic E-state index is 13.0. The Kier molecular flexibility index (Phi) is 4.94. The zero-order valence-corrected chi connectivity index (χ0v) is 16.6. The summed E-state index contributed by atoms with van der Waals surface area (Å²) in [5.74, 6) is -0.284. The summed E-state index contributed by atoms with van der Waals surface area (Å²) in [5, 5.41) is 10.9. The number of fused-ring (bicyclic) bond motifs is 1. The molecule has 2 aromatic carbocycles. The van der Waals surface area contributed by atoms with Crippen molar-refractivity contribution in [2.45, 2.75) is 6.42 Å². The molecular weight excluding hydrogens is 386 g/mol. The molecule has 0 aliphatic rings. The summed E-state index contributed by atoms with van der Waals surface area (Å²) in [6.07, 6.45) is 7.73. The number of nitrogens with one attached hydrogen (secondary N) is 2. The van der Waals surface area contributed by atoms with Crippen LogP contribution in [0.15, 0.2) is 91.5 Å². The van der Waals surface area contributed by atoms with Crippen LogP contribution in [-0.4, -0.2) is 26.1 Å². The fourth-order valence-electron chi connectivity index (χ4n) is 3.57. The third-order valence-electron chi connectivity index (χ3n) is 5.08. The van der Waals surface area contributed by atoms with E-state index in [1.807, 2.05) is 60.8 Å². The molecule has 31 heavy (non-hydrogen) atoms. The van der Waals surface area contributed by atoms with Gasteiger partial charge in [0, 0.05) is 29.5 Å². The van der Waals surface area contributed by atoms with Crippen LogP contribution in [0.2, 0.25) is 0 Å². The number of carbonyl (C=O) groups excluding carboxylic acids is 1. The number of nitrogens with zero attached hydrogens (tertiary/aromatic N) is 3. The first-order chi connectivity index (χ1) is 15.3. The largest absolute Gasteiger partial charge is 0.319 e. The van der Waals surface area contributed by atoms with E-state index in [0.29, 0.717) is 11.4 Å². The summed E-state index contributed by atoms with van der Waals surface area (Å²) >= 11 is 0. The highest BCUT2D eigenvalue weighted by atomic mass is 16.1. The molecule has 6 nitrogen and oxygen atoms in total. The maximum Gasteiger partial charge on any atom is 0.276 e. The van der Waals surface area contributed by atoms with Crippen LogP contribution in [-0.2, 0) is 6.42 Å². The van der Waals surface area contributed by atoms with E-state index in [0.717, 1.165) is 34.0 Å². The Morgan fingerprint density at radius 3 is 2.58 bits per heavy atom. The molecule has 0 spiro atoms. The monoisotopic (exact) mass is 405 g/mol. The van der Waals surface area contributed by atoms with Gasteiger partial charge in [0.05, 0.1) is 17.4 Å². The van der Waals surface area contributed by atoms with E-state index in [-0.39, 0.29) is 5.91 Å². The molecule has 0 atom stereocenters. The topological polar surface area (TPSA) is 83.6 Å². The van der Waals surface area contributed by atoms with Crippen molar-refractivity contribution < 1.29 is 4.79 Å². The number of aromatic nitrogens is 4. The molecule has 0 saturated heterocycles. The predicted octanol–water partition coefficient (Wildman–Crippen LogP) is 4.86. The zero-order valence-electron chi connectivity index (χ0n) is 16.6. The molecule has 0 bridgehead atoms. The van der Waals surface area contributed by atoms with E-state index in [1.165, 1.54) is 5.56 Å². The van der Waals surface area contributed by atoms with Gasteiger partial charge < -0.3 is 5.32 Å². The molecule has 3 aromatic heterocycles. The molecule has 5 rings (SSSR count). The van der Waals surface area contributed by atoms with Gasteiger partial charge in [0.25, 0.3) is 5.91 Å². The Hall–Kier alpha value is -4.32. The minimum Gasteiger partial charge on any atom is -0.319 e. The van der Waals surface area contributed by atoms with Gasteiger partial charge in [0.1, 0.15) is 0 Å². The zero-order chi connectivity index (χ0) is 21.0. The SMILES string of the molecule is O=C(Nc1cncc(Cc2ccccc2)c1)c1n[nH]c2ccc(-c3cccnc3)cc12. The Morgan fingerprint density at radius 2 is 1.74 bits per heavy atom. The van der Waals surface area contributed by atoms with Crippen molar-refractivity contribution in [2.75, 3.05) is 5.32 Å². The van der Waals surface area contributed by atoms with Crippen LogP contribution in [0.4, 0.5) is 5.69 Å². The molecular formula is C25H19N5O. The average Bonchev–Trinajstić information content (AvgIpc) is 3.24. The number of H-pyrrole nitrogens is 1. The predicted molar refractivity (Wildman–Crippen MR) is 121 cm³/mol. The molecule has 150 valence electrons. The quantitative estimate of drug-likeness (QED) is 0.437. The van der Waals surface area contributed by atoms with Crippen molar-refractivity contribution in [2.24, 2.45) is 0 Å². The van der Waals surface area contributed by atoms with Crippen molar-refractivity contribution in [3.63, 3.8) is 0 Å². The van der Waals surface area contributed by atoms with Crippen LogP contribution in [0, 0.1) is 0 Å². The summed E-state index contributed by atoms with van der Waals surface area (Å²) in [7, 11) is 0.